The van der Waals surface area contributed by atoms with Gasteiger partial charge in [-0.1, -0.05) is 18.2 Å². The van der Waals surface area contributed by atoms with Crippen molar-refractivity contribution in [1.82, 2.24) is 19.8 Å². The van der Waals surface area contributed by atoms with Crippen LogP contribution in [0.4, 0.5) is 10.1 Å². The number of benzene rings is 1. The number of aromatic amines is 1. The molecule has 1 aliphatic rings. The van der Waals surface area contributed by atoms with Gasteiger partial charge in [0.2, 0.25) is 5.95 Å². The van der Waals surface area contributed by atoms with Crippen LogP contribution in [-0.4, -0.2) is 68.0 Å². The van der Waals surface area contributed by atoms with Crippen molar-refractivity contribution in [3.05, 3.63) is 69.8 Å². The van der Waals surface area contributed by atoms with Crippen LogP contribution in [0, 0.1) is 16.1 Å². The maximum Gasteiger partial charge on any atom is 0.295 e. The van der Waals surface area contributed by atoms with Gasteiger partial charge in [0.25, 0.3) is 23.3 Å². The second-order valence-electron chi connectivity index (χ2n) is 7.44. The second-order valence-corrected chi connectivity index (χ2v) is 7.44. The lowest BCUT2D eigenvalue weighted by molar-refractivity contribution is -0.383. The van der Waals surface area contributed by atoms with Crippen LogP contribution < -0.4 is 0 Å². The Morgan fingerprint density at radius 3 is 2.59 bits per heavy atom. The predicted molar refractivity (Wildman–Crippen MR) is 111 cm³/mol. The number of Topliss-reactive ketones (excluding diaryl/α,β-unsaturated/α-hetero) is 1. The highest BCUT2D eigenvalue weighted by Crippen LogP contribution is 2.29. The van der Waals surface area contributed by atoms with Crippen molar-refractivity contribution in [2.45, 2.75) is 13.0 Å². The average molecular weight is 439 g/mol. The van der Waals surface area contributed by atoms with Gasteiger partial charge in [0.1, 0.15) is 11.0 Å². The van der Waals surface area contributed by atoms with Gasteiger partial charge >= 0.3 is 0 Å². The summed E-state index contributed by atoms with van der Waals surface area (Å²) in [5.41, 5.74) is -0.573. The van der Waals surface area contributed by atoms with Crippen molar-refractivity contribution in [1.29, 1.82) is 0 Å². The predicted octanol–water partition coefficient (Wildman–Crippen LogP) is 2.17. The van der Waals surface area contributed by atoms with Crippen LogP contribution in [-0.2, 0) is 4.79 Å². The number of rotatable bonds is 4. The summed E-state index contributed by atoms with van der Waals surface area (Å²) in [6.45, 7) is 2.30. The normalized spacial score (nSPS) is 16.2. The lowest BCUT2D eigenvalue weighted by atomic mass is 10.1. The number of fused-ring (bicyclic) bond motifs is 1. The molecule has 164 valence electrons. The number of nitro groups is 1. The molecule has 32 heavy (non-hydrogen) atoms. The lowest BCUT2D eigenvalue weighted by Gasteiger charge is -2.39. The van der Waals surface area contributed by atoms with E-state index in [9.17, 15) is 28.9 Å². The molecule has 0 aliphatic carbocycles. The van der Waals surface area contributed by atoms with Crippen LogP contribution in [0.1, 0.15) is 27.6 Å². The number of nitrogens with one attached hydrogen (secondary N) is 1. The number of carbonyl (C=O) groups is 3. The van der Waals surface area contributed by atoms with Crippen LogP contribution >= 0.6 is 0 Å². The second kappa shape index (κ2) is 8.17. The highest BCUT2D eigenvalue weighted by atomic mass is 19.1. The number of hydrogen-bond acceptors (Lipinski definition) is 6. The SMILES string of the molecule is CC1CN(C(=O)c2ccccc2)CCN1C(=O)C(=O)c1c[nH]c2nc(F)cc([N+](=O)[O-])c12. The highest BCUT2D eigenvalue weighted by Gasteiger charge is 2.35. The van der Waals surface area contributed by atoms with Crippen LogP contribution in [0.25, 0.3) is 11.0 Å². The Bertz CT molecular complexity index is 1240. The molecule has 0 saturated carbocycles. The third-order valence-corrected chi connectivity index (χ3v) is 5.42. The molecule has 0 bridgehead atoms. The van der Waals surface area contributed by atoms with Crippen molar-refractivity contribution in [3.63, 3.8) is 0 Å². The highest BCUT2D eigenvalue weighted by molar-refractivity contribution is 6.45. The summed E-state index contributed by atoms with van der Waals surface area (Å²) >= 11 is 0. The number of carbonyl (C=O) groups excluding carboxylic acids is 3. The number of hydrogen-bond donors (Lipinski definition) is 1. The minimum absolute atomic E-state index is 0.127. The molecular formula is C21H18FN5O5. The summed E-state index contributed by atoms with van der Waals surface area (Å²) in [5.74, 6) is -3.08. The van der Waals surface area contributed by atoms with Gasteiger partial charge in [0.15, 0.2) is 0 Å². The molecular weight excluding hydrogens is 421 g/mol. The first-order chi connectivity index (χ1) is 15.3. The minimum Gasteiger partial charge on any atom is -0.345 e. The number of H-pyrrole nitrogens is 1. The van der Waals surface area contributed by atoms with E-state index in [2.05, 4.69) is 9.97 Å². The fraction of sp³-hybridized carbons (Fsp3) is 0.238. The molecule has 2 aromatic heterocycles. The molecule has 10 nitrogen and oxygen atoms in total. The van der Waals surface area contributed by atoms with Crippen molar-refractivity contribution < 1.29 is 23.7 Å². The molecule has 1 aromatic carbocycles. The molecule has 1 fully saturated rings. The number of pyridine rings is 1. The molecule has 1 saturated heterocycles. The standard InChI is InChI=1S/C21H18FN5O5/c1-12-11-25(20(29)13-5-3-2-4-6-13)7-8-26(12)21(30)18(28)14-10-23-19-17(14)15(27(31)32)9-16(22)24-19/h2-6,9-10,12H,7-8,11H2,1H3,(H,23,24). The van der Waals surface area contributed by atoms with Gasteiger partial charge in [0.05, 0.1) is 16.6 Å². The molecule has 11 heteroatoms. The largest absolute Gasteiger partial charge is 0.345 e. The quantitative estimate of drug-likeness (QED) is 0.218. The number of aromatic nitrogens is 2. The summed E-state index contributed by atoms with van der Waals surface area (Å²) in [7, 11) is 0. The smallest absolute Gasteiger partial charge is 0.295 e. The number of ketones is 1. The molecule has 2 amide bonds. The zero-order valence-corrected chi connectivity index (χ0v) is 16.9. The number of halogens is 1. The Labute approximate surface area is 180 Å². The van der Waals surface area contributed by atoms with Crippen molar-refractivity contribution in [2.24, 2.45) is 0 Å². The molecule has 0 radical (unpaired) electrons. The number of amides is 2. The van der Waals surface area contributed by atoms with Gasteiger partial charge in [-0.3, -0.25) is 24.5 Å². The van der Waals surface area contributed by atoms with E-state index in [-0.39, 0.29) is 42.1 Å². The van der Waals surface area contributed by atoms with Crippen LogP contribution in [0.15, 0.2) is 42.6 Å². The van der Waals surface area contributed by atoms with E-state index in [1.165, 1.54) is 4.90 Å². The number of nitrogens with zero attached hydrogens (tertiary/aromatic N) is 4. The topological polar surface area (TPSA) is 130 Å². The van der Waals surface area contributed by atoms with Gasteiger partial charge in [0, 0.05) is 37.4 Å². The molecule has 3 heterocycles. The molecule has 1 atom stereocenters. The zero-order valence-electron chi connectivity index (χ0n) is 16.9. The number of piperazine rings is 1. The summed E-state index contributed by atoms with van der Waals surface area (Å²) in [5, 5.41) is 11.1. The molecule has 0 spiro atoms. The van der Waals surface area contributed by atoms with Gasteiger partial charge in [-0.05, 0) is 19.1 Å². The molecule has 4 rings (SSSR count). The first-order valence-electron chi connectivity index (χ1n) is 9.79. The maximum atomic E-state index is 13.6. The summed E-state index contributed by atoms with van der Waals surface area (Å²) in [6.07, 6.45) is 1.12. The first-order valence-corrected chi connectivity index (χ1v) is 9.79. The van der Waals surface area contributed by atoms with Gasteiger partial charge < -0.3 is 14.8 Å². The Morgan fingerprint density at radius 1 is 1.22 bits per heavy atom. The monoisotopic (exact) mass is 439 g/mol. The van der Waals surface area contributed by atoms with Crippen LogP contribution in [0.2, 0.25) is 0 Å². The summed E-state index contributed by atoms with van der Waals surface area (Å²) < 4.78 is 13.6. The van der Waals surface area contributed by atoms with Crippen LogP contribution in [0.5, 0.6) is 0 Å². The van der Waals surface area contributed by atoms with Crippen LogP contribution in [0.3, 0.4) is 0 Å². The molecule has 1 N–H and O–H groups in total. The first kappa shape index (κ1) is 21.1. The molecule has 1 aliphatic heterocycles. The Balaban J connectivity index is 1.55. The molecule has 1 unspecified atom stereocenters. The van der Waals surface area contributed by atoms with E-state index in [0.717, 1.165) is 6.20 Å². The minimum atomic E-state index is -1.08. The van der Waals surface area contributed by atoms with Crippen molar-refractivity contribution in [3.8, 4) is 0 Å². The van der Waals surface area contributed by atoms with E-state index in [4.69, 9.17) is 0 Å². The fourth-order valence-corrected chi connectivity index (χ4v) is 3.86. The lowest BCUT2D eigenvalue weighted by Crippen LogP contribution is -2.56. The zero-order chi connectivity index (χ0) is 23.0. The fourth-order valence-electron chi connectivity index (χ4n) is 3.86. The average Bonchev–Trinajstić information content (AvgIpc) is 3.21. The Kier molecular flexibility index (Phi) is 5.39. The van der Waals surface area contributed by atoms with Gasteiger partial charge in [-0.15, -0.1) is 0 Å². The maximum absolute atomic E-state index is 13.6. The van der Waals surface area contributed by atoms with E-state index in [1.807, 2.05) is 0 Å². The van der Waals surface area contributed by atoms with Gasteiger partial charge in [-0.25, -0.2) is 4.98 Å². The third kappa shape index (κ3) is 3.68. The van der Waals surface area contributed by atoms with Crippen molar-refractivity contribution >= 4 is 34.3 Å². The van der Waals surface area contributed by atoms with E-state index in [1.54, 1.807) is 42.2 Å². The van der Waals surface area contributed by atoms with Crippen molar-refractivity contribution in [2.75, 3.05) is 19.6 Å². The third-order valence-electron chi connectivity index (χ3n) is 5.42. The Hall–Kier alpha value is -4.15. The molecule has 3 aromatic rings. The van der Waals surface area contributed by atoms with E-state index < -0.39 is 34.3 Å². The van der Waals surface area contributed by atoms with Gasteiger partial charge in [-0.2, -0.15) is 4.39 Å². The Morgan fingerprint density at radius 2 is 1.94 bits per heavy atom. The van der Waals surface area contributed by atoms with E-state index in [0.29, 0.717) is 11.6 Å². The van der Waals surface area contributed by atoms with E-state index >= 15 is 0 Å². The summed E-state index contributed by atoms with van der Waals surface area (Å²) in [6, 6.07) is 8.88. The summed E-state index contributed by atoms with van der Waals surface area (Å²) in [4.78, 5) is 58.0.